The number of aromatic nitrogens is 3. The standard InChI is InChI=1S/C17H17F3N4O/c18-17(19,20)12-3-1-2-11(8-12)16(25)23-13-4-5-14(23)10-15(9-13)24-21-6-7-22-24/h1-3,6-8,13-15H,4-5,9-10H2. The predicted octanol–water partition coefficient (Wildman–Crippen LogP) is 3.31. The number of nitrogens with zero attached hydrogens (tertiary/aromatic N) is 4. The average Bonchev–Trinajstić information content (AvgIpc) is 3.20. The molecule has 1 aromatic carbocycles. The van der Waals surface area contributed by atoms with E-state index in [2.05, 4.69) is 10.2 Å². The van der Waals surface area contributed by atoms with Gasteiger partial charge >= 0.3 is 6.18 Å². The van der Waals surface area contributed by atoms with Crippen molar-refractivity contribution in [2.24, 2.45) is 0 Å². The van der Waals surface area contributed by atoms with E-state index in [-0.39, 0.29) is 29.6 Å². The SMILES string of the molecule is O=C(c1cccc(C(F)(F)F)c1)N1C2CCC1CC(n1nccn1)C2. The Morgan fingerprint density at radius 2 is 1.68 bits per heavy atom. The minimum Gasteiger partial charge on any atom is -0.333 e. The van der Waals surface area contributed by atoms with Crippen LogP contribution in [0.5, 0.6) is 0 Å². The highest BCUT2D eigenvalue weighted by molar-refractivity contribution is 5.95. The number of fused-ring (bicyclic) bond motifs is 2. The number of hydrogen-bond donors (Lipinski definition) is 0. The maximum atomic E-state index is 12.9. The van der Waals surface area contributed by atoms with Gasteiger partial charge in [-0.15, -0.1) is 0 Å². The molecule has 2 aromatic rings. The summed E-state index contributed by atoms with van der Waals surface area (Å²) in [6, 6.07) is 4.87. The van der Waals surface area contributed by atoms with Crippen LogP contribution < -0.4 is 0 Å². The first-order valence-corrected chi connectivity index (χ1v) is 8.29. The quantitative estimate of drug-likeness (QED) is 0.835. The van der Waals surface area contributed by atoms with Gasteiger partial charge in [-0.05, 0) is 43.9 Å². The summed E-state index contributed by atoms with van der Waals surface area (Å²) in [5.41, 5.74) is -0.691. The molecule has 2 unspecified atom stereocenters. The smallest absolute Gasteiger partial charge is 0.333 e. The van der Waals surface area contributed by atoms with E-state index in [1.807, 2.05) is 0 Å². The minimum atomic E-state index is -4.45. The molecule has 2 aliphatic rings. The van der Waals surface area contributed by atoms with Crippen LogP contribution in [0.25, 0.3) is 0 Å². The molecular weight excluding hydrogens is 333 g/mol. The minimum absolute atomic E-state index is 0.0248. The summed E-state index contributed by atoms with van der Waals surface area (Å²) in [6.07, 6.45) is 2.00. The van der Waals surface area contributed by atoms with E-state index in [0.717, 1.165) is 37.8 Å². The van der Waals surface area contributed by atoms with Crippen LogP contribution in [0.15, 0.2) is 36.7 Å². The molecule has 1 amide bonds. The van der Waals surface area contributed by atoms with Crippen molar-refractivity contribution >= 4 is 5.91 Å². The fourth-order valence-electron chi connectivity index (χ4n) is 4.06. The molecule has 25 heavy (non-hydrogen) atoms. The Bertz CT molecular complexity index is 760. The molecule has 0 spiro atoms. The third-order valence-electron chi connectivity index (χ3n) is 5.14. The van der Waals surface area contributed by atoms with Crippen LogP contribution in [0.3, 0.4) is 0 Å². The van der Waals surface area contributed by atoms with Gasteiger partial charge in [-0.1, -0.05) is 6.07 Å². The van der Waals surface area contributed by atoms with Crippen molar-refractivity contribution in [3.8, 4) is 0 Å². The summed E-state index contributed by atoms with van der Waals surface area (Å²) < 4.78 is 38.7. The molecule has 0 radical (unpaired) electrons. The van der Waals surface area contributed by atoms with Gasteiger partial charge < -0.3 is 4.90 Å². The van der Waals surface area contributed by atoms with E-state index in [1.54, 1.807) is 22.1 Å². The lowest BCUT2D eigenvalue weighted by molar-refractivity contribution is -0.137. The Kier molecular flexibility index (Phi) is 3.77. The lowest BCUT2D eigenvalue weighted by Gasteiger charge is -2.38. The van der Waals surface area contributed by atoms with Crippen LogP contribution in [-0.4, -0.2) is 37.9 Å². The first-order chi connectivity index (χ1) is 11.9. The third kappa shape index (κ3) is 2.89. The summed E-state index contributed by atoms with van der Waals surface area (Å²) in [5, 5.41) is 8.36. The van der Waals surface area contributed by atoms with Gasteiger partial charge in [0.15, 0.2) is 0 Å². The molecular formula is C17H17F3N4O. The van der Waals surface area contributed by atoms with E-state index in [1.165, 1.54) is 12.1 Å². The molecule has 2 atom stereocenters. The van der Waals surface area contributed by atoms with Crippen LogP contribution in [0.2, 0.25) is 0 Å². The number of hydrogen-bond acceptors (Lipinski definition) is 3. The zero-order valence-electron chi connectivity index (χ0n) is 13.4. The Morgan fingerprint density at radius 3 is 2.28 bits per heavy atom. The average molecular weight is 350 g/mol. The van der Waals surface area contributed by atoms with E-state index in [0.29, 0.717) is 0 Å². The second kappa shape index (κ2) is 5.86. The molecule has 0 aliphatic carbocycles. The Hall–Kier alpha value is -2.38. The fraction of sp³-hybridized carbons (Fsp3) is 0.471. The van der Waals surface area contributed by atoms with Gasteiger partial charge in [0.1, 0.15) is 0 Å². The Balaban J connectivity index is 1.56. The second-order valence-corrected chi connectivity index (χ2v) is 6.65. The lowest BCUT2D eigenvalue weighted by atomic mass is 9.96. The predicted molar refractivity (Wildman–Crippen MR) is 82.7 cm³/mol. The molecule has 0 saturated carbocycles. The molecule has 0 N–H and O–H groups in total. The maximum Gasteiger partial charge on any atom is 0.416 e. The van der Waals surface area contributed by atoms with Gasteiger partial charge in [-0.2, -0.15) is 28.2 Å². The zero-order chi connectivity index (χ0) is 17.6. The van der Waals surface area contributed by atoms with Crippen LogP contribution in [0, 0.1) is 0 Å². The molecule has 2 bridgehead atoms. The highest BCUT2D eigenvalue weighted by Gasteiger charge is 2.44. The van der Waals surface area contributed by atoms with Gasteiger partial charge in [-0.25, -0.2) is 0 Å². The van der Waals surface area contributed by atoms with Crippen LogP contribution in [-0.2, 0) is 6.18 Å². The highest BCUT2D eigenvalue weighted by Crippen LogP contribution is 2.41. The third-order valence-corrected chi connectivity index (χ3v) is 5.14. The van der Waals surface area contributed by atoms with E-state index in [9.17, 15) is 18.0 Å². The van der Waals surface area contributed by atoms with E-state index < -0.39 is 11.7 Å². The summed E-state index contributed by atoms with van der Waals surface area (Å²) in [5.74, 6) is -0.314. The molecule has 1 aromatic heterocycles. The molecule has 132 valence electrons. The fourth-order valence-corrected chi connectivity index (χ4v) is 4.06. The summed E-state index contributed by atoms with van der Waals surface area (Å²) in [7, 11) is 0. The molecule has 3 heterocycles. The summed E-state index contributed by atoms with van der Waals surface area (Å²) >= 11 is 0. The second-order valence-electron chi connectivity index (χ2n) is 6.65. The summed E-state index contributed by atoms with van der Waals surface area (Å²) in [4.78, 5) is 16.3. The van der Waals surface area contributed by atoms with Gasteiger partial charge in [0.2, 0.25) is 0 Å². The number of carbonyl (C=O) groups is 1. The molecule has 5 nitrogen and oxygen atoms in total. The highest BCUT2D eigenvalue weighted by atomic mass is 19.4. The van der Waals surface area contributed by atoms with Crippen LogP contribution >= 0.6 is 0 Å². The van der Waals surface area contributed by atoms with Gasteiger partial charge in [0, 0.05) is 17.6 Å². The topological polar surface area (TPSA) is 51.0 Å². The van der Waals surface area contributed by atoms with Crippen molar-refractivity contribution in [1.82, 2.24) is 19.9 Å². The number of piperidine rings is 1. The first kappa shape index (κ1) is 16.1. The van der Waals surface area contributed by atoms with Crippen molar-refractivity contribution in [3.05, 3.63) is 47.8 Å². The number of rotatable bonds is 2. The molecule has 2 fully saturated rings. The molecule has 2 saturated heterocycles. The summed E-state index contributed by atoms with van der Waals surface area (Å²) in [6.45, 7) is 0. The van der Waals surface area contributed by atoms with Crippen molar-refractivity contribution in [1.29, 1.82) is 0 Å². The lowest BCUT2D eigenvalue weighted by Crippen LogP contribution is -2.47. The van der Waals surface area contributed by atoms with Crippen LogP contribution in [0.4, 0.5) is 13.2 Å². The zero-order valence-corrected chi connectivity index (χ0v) is 13.4. The number of benzene rings is 1. The van der Waals surface area contributed by atoms with Crippen LogP contribution in [0.1, 0.15) is 47.6 Å². The molecule has 8 heteroatoms. The van der Waals surface area contributed by atoms with Gasteiger partial charge in [0.05, 0.1) is 24.0 Å². The largest absolute Gasteiger partial charge is 0.416 e. The van der Waals surface area contributed by atoms with E-state index >= 15 is 0 Å². The molecule has 4 rings (SSSR count). The van der Waals surface area contributed by atoms with Crippen molar-refractivity contribution in [2.45, 2.75) is 50.0 Å². The van der Waals surface area contributed by atoms with E-state index in [4.69, 9.17) is 0 Å². The maximum absolute atomic E-state index is 12.9. The number of halogens is 3. The molecule has 2 aliphatic heterocycles. The van der Waals surface area contributed by atoms with Crippen molar-refractivity contribution < 1.29 is 18.0 Å². The monoisotopic (exact) mass is 350 g/mol. The number of alkyl halides is 3. The number of amides is 1. The Morgan fingerprint density at radius 1 is 1.04 bits per heavy atom. The Labute approximate surface area is 142 Å². The first-order valence-electron chi connectivity index (χ1n) is 8.29. The van der Waals surface area contributed by atoms with Gasteiger partial charge in [0.25, 0.3) is 5.91 Å². The van der Waals surface area contributed by atoms with Gasteiger partial charge in [-0.3, -0.25) is 4.79 Å². The number of carbonyl (C=O) groups excluding carboxylic acids is 1. The van der Waals surface area contributed by atoms with Crippen molar-refractivity contribution in [2.75, 3.05) is 0 Å². The normalized spacial score (nSPS) is 26.0. The van der Waals surface area contributed by atoms with Crippen molar-refractivity contribution in [3.63, 3.8) is 0 Å².